The highest BCUT2D eigenvalue weighted by atomic mass is 32.2. The van der Waals surface area contributed by atoms with Gasteiger partial charge in [0.15, 0.2) is 0 Å². The molecule has 6 nitrogen and oxygen atoms in total. The maximum absolute atomic E-state index is 12.3. The Balaban J connectivity index is 2.27. The number of imidazole rings is 1. The Kier molecular flexibility index (Phi) is 4.98. The molecule has 0 bridgehead atoms. The summed E-state index contributed by atoms with van der Waals surface area (Å²) >= 11 is 0. The summed E-state index contributed by atoms with van der Waals surface area (Å²) in [6, 6.07) is 7.11. The quantitative estimate of drug-likeness (QED) is 0.732. The van der Waals surface area contributed by atoms with Crippen LogP contribution in [0.4, 0.5) is 5.95 Å². The molecule has 2 aromatic rings. The van der Waals surface area contributed by atoms with E-state index in [0.717, 1.165) is 18.5 Å². The lowest BCUT2D eigenvalue weighted by Crippen LogP contribution is -2.21. The lowest BCUT2D eigenvalue weighted by molar-refractivity contribution is 0.536. The molecule has 1 heterocycles. The van der Waals surface area contributed by atoms with E-state index in [-0.39, 0.29) is 16.9 Å². The van der Waals surface area contributed by atoms with Gasteiger partial charge in [0.2, 0.25) is 5.95 Å². The summed E-state index contributed by atoms with van der Waals surface area (Å²) in [5.74, 6) is 0.208. The molecule has 0 saturated carbocycles. The first kappa shape index (κ1) is 15.5. The number of benzene rings is 1. The third kappa shape index (κ3) is 3.83. The second-order valence-electron chi connectivity index (χ2n) is 4.63. The Morgan fingerprint density at radius 2 is 2.14 bits per heavy atom. The summed E-state index contributed by atoms with van der Waals surface area (Å²) in [6.45, 7) is 4.93. The van der Waals surface area contributed by atoms with Crippen LogP contribution in [0.5, 0.6) is 0 Å². The van der Waals surface area contributed by atoms with Gasteiger partial charge in [0.25, 0.3) is 10.0 Å². The second kappa shape index (κ2) is 6.73. The molecular formula is C14H20N4O2S. The number of aromatic nitrogens is 2. The Labute approximate surface area is 125 Å². The maximum Gasteiger partial charge on any atom is 0.264 e. The predicted molar refractivity (Wildman–Crippen MR) is 82.5 cm³/mol. The third-order valence-corrected chi connectivity index (χ3v) is 4.50. The van der Waals surface area contributed by atoms with E-state index in [2.05, 4.69) is 26.9 Å². The van der Waals surface area contributed by atoms with Crippen LogP contribution >= 0.6 is 0 Å². The molecule has 0 aliphatic rings. The summed E-state index contributed by atoms with van der Waals surface area (Å²) in [6.07, 6.45) is 3.95. The fourth-order valence-electron chi connectivity index (χ4n) is 2.15. The van der Waals surface area contributed by atoms with Crippen molar-refractivity contribution in [1.29, 1.82) is 0 Å². The van der Waals surface area contributed by atoms with Gasteiger partial charge in [-0.3, -0.25) is 0 Å². The molecule has 0 aliphatic heterocycles. The number of sulfonamides is 1. The molecule has 114 valence electrons. The number of nitrogens with one attached hydrogen (secondary N) is 3. The van der Waals surface area contributed by atoms with Crippen molar-refractivity contribution in [3.63, 3.8) is 0 Å². The minimum Gasteiger partial charge on any atom is -0.330 e. The van der Waals surface area contributed by atoms with Crippen LogP contribution in [0.2, 0.25) is 0 Å². The summed E-state index contributed by atoms with van der Waals surface area (Å²) in [5.41, 5.74) is 0.960. The van der Waals surface area contributed by atoms with Gasteiger partial charge in [-0.15, -0.1) is 0 Å². The van der Waals surface area contributed by atoms with Crippen molar-refractivity contribution < 1.29 is 8.42 Å². The van der Waals surface area contributed by atoms with E-state index >= 15 is 0 Å². The van der Waals surface area contributed by atoms with E-state index in [9.17, 15) is 8.42 Å². The zero-order valence-electron chi connectivity index (χ0n) is 12.1. The molecule has 0 spiro atoms. The molecular weight excluding hydrogens is 288 g/mol. The zero-order valence-corrected chi connectivity index (χ0v) is 12.9. The summed E-state index contributed by atoms with van der Waals surface area (Å²) in [4.78, 5) is 6.82. The highest BCUT2D eigenvalue weighted by Gasteiger charge is 2.17. The van der Waals surface area contributed by atoms with Gasteiger partial charge >= 0.3 is 0 Å². The van der Waals surface area contributed by atoms with E-state index in [1.54, 1.807) is 24.4 Å². The number of hydrogen-bond donors (Lipinski definition) is 3. The van der Waals surface area contributed by atoms with Crippen LogP contribution in [-0.2, 0) is 10.0 Å². The Morgan fingerprint density at radius 1 is 1.33 bits per heavy atom. The molecule has 0 radical (unpaired) electrons. The van der Waals surface area contributed by atoms with Gasteiger partial charge in [0.05, 0.1) is 4.90 Å². The van der Waals surface area contributed by atoms with Crippen LogP contribution in [0.1, 0.15) is 31.9 Å². The summed E-state index contributed by atoms with van der Waals surface area (Å²) < 4.78 is 27.1. The van der Waals surface area contributed by atoms with Crippen LogP contribution in [0, 0.1) is 0 Å². The molecule has 0 aliphatic carbocycles. The molecule has 7 heteroatoms. The van der Waals surface area contributed by atoms with Crippen LogP contribution in [0.3, 0.4) is 0 Å². The molecule has 0 amide bonds. The van der Waals surface area contributed by atoms with Crippen molar-refractivity contribution in [2.45, 2.75) is 31.2 Å². The van der Waals surface area contributed by atoms with E-state index in [1.165, 1.54) is 6.20 Å². The second-order valence-corrected chi connectivity index (χ2v) is 6.32. The average Bonchev–Trinajstić information content (AvgIpc) is 2.97. The van der Waals surface area contributed by atoms with Crippen molar-refractivity contribution in [3.05, 3.63) is 42.2 Å². The molecule has 1 unspecified atom stereocenters. The van der Waals surface area contributed by atoms with E-state index in [1.807, 2.05) is 13.0 Å². The zero-order chi connectivity index (χ0) is 15.3. The normalized spacial score (nSPS) is 13.0. The fraction of sp³-hybridized carbons (Fsp3) is 0.357. The standard InChI is InChI=1S/C14H20N4O2S/c1-3-13(15-4-2)11-6-5-7-12(10-11)21(19,20)18-14-16-8-9-17-14/h5-10,13,15H,3-4H2,1-2H3,(H2,16,17,18). The maximum atomic E-state index is 12.3. The van der Waals surface area contributed by atoms with Gasteiger partial charge in [-0.25, -0.2) is 18.1 Å². The average molecular weight is 308 g/mol. The molecule has 0 saturated heterocycles. The molecule has 0 fully saturated rings. The lowest BCUT2D eigenvalue weighted by Gasteiger charge is -2.17. The Bertz CT molecular complexity index is 668. The number of aromatic amines is 1. The van der Waals surface area contributed by atoms with Crippen molar-refractivity contribution in [2.24, 2.45) is 0 Å². The molecule has 1 aromatic carbocycles. The van der Waals surface area contributed by atoms with Crippen molar-refractivity contribution in [3.8, 4) is 0 Å². The van der Waals surface area contributed by atoms with Crippen molar-refractivity contribution >= 4 is 16.0 Å². The number of anilines is 1. The fourth-order valence-corrected chi connectivity index (χ4v) is 3.18. The molecule has 1 aromatic heterocycles. The van der Waals surface area contributed by atoms with Crippen molar-refractivity contribution in [2.75, 3.05) is 11.3 Å². The van der Waals surface area contributed by atoms with Gasteiger partial charge < -0.3 is 10.3 Å². The first-order valence-electron chi connectivity index (χ1n) is 6.92. The van der Waals surface area contributed by atoms with Crippen molar-refractivity contribution in [1.82, 2.24) is 15.3 Å². The SMILES string of the molecule is CCNC(CC)c1cccc(S(=O)(=O)Nc2ncc[nH]2)c1. The van der Waals surface area contributed by atoms with Gasteiger partial charge in [0.1, 0.15) is 0 Å². The predicted octanol–water partition coefficient (Wildman–Crippen LogP) is 2.27. The third-order valence-electron chi connectivity index (χ3n) is 3.16. The number of H-pyrrole nitrogens is 1. The first-order chi connectivity index (χ1) is 10.1. The highest BCUT2D eigenvalue weighted by molar-refractivity contribution is 7.92. The van der Waals surface area contributed by atoms with E-state index in [0.29, 0.717) is 0 Å². The van der Waals surface area contributed by atoms with Crippen LogP contribution in [0.15, 0.2) is 41.6 Å². The summed E-state index contributed by atoms with van der Waals surface area (Å²) in [5, 5.41) is 3.34. The van der Waals surface area contributed by atoms with Crippen LogP contribution < -0.4 is 10.0 Å². The number of nitrogens with zero attached hydrogens (tertiary/aromatic N) is 1. The van der Waals surface area contributed by atoms with Gasteiger partial charge in [-0.05, 0) is 30.7 Å². The Hall–Kier alpha value is -1.86. The van der Waals surface area contributed by atoms with E-state index < -0.39 is 10.0 Å². The molecule has 1 atom stereocenters. The lowest BCUT2D eigenvalue weighted by atomic mass is 10.0. The highest BCUT2D eigenvalue weighted by Crippen LogP contribution is 2.21. The topological polar surface area (TPSA) is 86.9 Å². The first-order valence-corrected chi connectivity index (χ1v) is 8.40. The number of hydrogen-bond acceptors (Lipinski definition) is 4. The van der Waals surface area contributed by atoms with Crippen LogP contribution in [0.25, 0.3) is 0 Å². The smallest absolute Gasteiger partial charge is 0.264 e. The molecule has 3 N–H and O–H groups in total. The van der Waals surface area contributed by atoms with Gasteiger partial charge in [-0.1, -0.05) is 26.0 Å². The largest absolute Gasteiger partial charge is 0.330 e. The van der Waals surface area contributed by atoms with Gasteiger partial charge in [0, 0.05) is 18.4 Å². The van der Waals surface area contributed by atoms with Crippen LogP contribution in [-0.4, -0.2) is 24.9 Å². The van der Waals surface area contributed by atoms with Gasteiger partial charge in [-0.2, -0.15) is 0 Å². The summed E-state index contributed by atoms with van der Waals surface area (Å²) in [7, 11) is -3.63. The van der Waals surface area contributed by atoms with E-state index in [4.69, 9.17) is 0 Å². The Morgan fingerprint density at radius 3 is 2.76 bits per heavy atom. The minimum atomic E-state index is -3.63. The minimum absolute atomic E-state index is 0.147. The molecule has 2 rings (SSSR count). The monoisotopic (exact) mass is 308 g/mol. The number of rotatable bonds is 7. The molecule has 21 heavy (non-hydrogen) atoms.